The fraction of sp³-hybridized carbons (Fsp3) is 0.333. The van der Waals surface area contributed by atoms with E-state index in [9.17, 15) is 0 Å². The molecule has 2 aromatic heterocycles. The molecule has 0 aliphatic rings. The van der Waals surface area contributed by atoms with Gasteiger partial charge in [-0.2, -0.15) is 0 Å². The smallest absolute Gasteiger partial charge is 0.124 e. The first kappa shape index (κ1) is 24.2. The van der Waals surface area contributed by atoms with E-state index in [1.54, 1.807) is 0 Å². The molecule has 0 aliphatic carbocycles. The quantitative estimate of drug-likeness (QED) is 0.225. The number of nitrogens with zero attached hydrogens (tertiary/aromatic N) is 2. The molecule has 0 fully saturated rings. The van der Waals surface area contributed by atoms with Crippen molar-refractivity contribution in [3.8, 4) is 22.4 Å². The van der Waals surface area contributed by atoms with Gasteiger partial charge in [0.25, 0.3) is 0 Å². The summed E-state index contributed by atoms with van der Waals surface area (Å²) in [4.78, 5) is 16.1. The Labute approximate surface area is 212 Å². The van der Waals surface area contributed by atoms with E-state index in [4.69, 9.17) is 16.5 Å². The third-order valence-corrected chi connectivity index (χ3v) is 7.04. The zero-order valence-electron chi connectivity index (χ0n) is 22.0. The van der Waals surface area contributed by atoms with Crippen molar-refractivity contribution in [2.45, 2.75) is 53.6 Å². The Morgan fingerprint density at radius 1 is 0.667 bits per heavy atom. The highest BCUT2D eigenvalue weighted by Crippen LogP contribution is 2.33. The van der Waals surface area contributed by atoms with Crippen LogP contribution in [-0.2, 0) is 0 Å². The van der Waals surface area contributed by atoms with Crippen LogP contribution in [0.25, 0.3) is 44.2 Å². The normalized spacial score (nSPS) is 14.4. The van der Waals surface area contributed by atoms with Crippen molar-refractivity contribution in [3.63, 3.8) is 0 Å². The molecule has 3 aromatic carbocycles. The van der Waals surface area contributed by atoms with Gasteiger partial charge in [-0.05, 0) is 57.0 Å². The van der Waals surface area contributed by atoms with Gasteiger partial charge in [-0.1, -0.05) is 71.9 Å². The lowest BCUT2D eigenvalue weighted by molar-refractivity contribution is 0.317. The number of benzene rings is 3. The zero-order valence-corrected chi connectivity index (χ0v) is 22.0. The molecule has 186 valence electrons. The maximum Gasteiger partial charge on any atom is 0.124 e. The minimum absolute atomic E-state index is 0.0612. The van der Waals surface area contributed by atoms with E-state index in [1.165, 1.54) is 10.8 Å². The molecular formula is C30H36N6. The largest absolute Gasteiger partial charge is 0.341 e. The van der Waals surface area contributed by atoms with E-state index in [0.717, 1.165) is 45.1 Å². The van der Waals surface area contributed by atoms with Gasteiger partial charge in [-0.3, -0.25) is 0 Å². The molecule has 6 heteroatoms. The molecule has 0 aliphatic heterocycles. The van der Waals surface area contributed by atoms with Crippen molar-refractivity contribution in [2.24, 2.45) is 22.3 Å². The number of hydrogen-bond acceptors (Lipinski definition) is 4. The number of rotatable bonds is 4. The Bertz CT molecular complexity index is 1540. The molecule has 0 amide bonds. The summed E-state index contributed by atoms with van der Waals surface area (Å²) in [6.45, 7) is 12.8. The highest BCUT2D eigenvalue weighted by atomic mass is 15.0. The van der Waals surface area contributed by atoms with Gasteiger partial charge in [-0.15, -0.1) is 0 Å². The molecule has 6 N–H and O–H groups in total. The van der Waals surface area contributed by atoms with E-state index in [0.29, 0.717) is 0 Å². The number of nitrogens with one attached hydrogen (secondary N) is 2. The lowest BCUT2D eigenvalue weighted by atomic mass is 9.87. The van der Waals surface area contributed by atoms with Crippen LogP contribution in [0.5, 0.6) is 0 Å². The fourth-order valence-corrected chi connectivity index (χ4v) is 4.41. The Morgan fingerprint density at radius 2 is 1.22 bits per heavy atom. The van der Waals surface area contributed by atoms with Crippen LogP contribution < -0.4 is 11.5 Å². The number of H-pyrrole nitrogens is 2. The van der Waals surface area contributed by atoms with Gasteiger partial charge in [0.2, 0.25) is 0 Å². The highest BCUT2D eigenvalue weighted by Gasteiger charge is 2.26. The van der Waals surface area contributed by atoms with Gasteiger partial charge in [0.05, 0.1) is 35.0 Å². The van der Waals surface area contributed by atoms with Gasteiger partial charge < -0.3 is 21.4 Å². The molecule has 0 spiro atoms. The van der Waals surface area contributed by atoms with Crippen molar-refractivity contribution in [1.82, 2.24) is 19.9 Å². The van der Waals surface area contributed by atoms with Crippen LogP contribution in [0.1, 0.15) is 65.3 Å². The first-order valence-corrected chi connectivity index (χ1v) is 12.5. The average molecular weight is 481 g/mol. The summed E-state index contributed by atoms with van der Waals surface area (Å²) in [7, 11) is 0. The molecule has 6 nitrogen and oxygen atoms in total. The monoisotopic (exact) mass is 480 g/mol. The van der Waals surface area contributed by atoms with Gasteiger partial charge in [-0.25, -0.2) is 9.97 Å². The summed E-state index contributed by atoms with van der Waals surface area (Å²) < 4.78 is 0. The standard InChI is InChI=1S/C30H36N6/c1-29(2,3)25(31)27-33-16-24(36-27)21-10-9-17-13-18(7-8-19(17)14-21)20-11-12-22-23(15-20)35-28(34-22)26(32)30(4,5)6/h7-16,25-26H,31-32H2,1-6H3,(H,33,36)(H,34,35). The number of aromatic amines is 2. The summed E-state index contributed by atoms with van der Waals surface area (Å²) in [6.07, 6.45) is 1.87. The fourth-order valence-electron chi connectivity index (χ4n) is 4.41. The number of fused-ring (bicyclic) bond motifs is 2. The first-order valence-electron chi connectivity index (χ1n) is 12.5. The second-order valence-corrected chi connectivity index (χ2v) is 12.0. The Balaban J connectivity index is 1.44. The van der Waals surface area contributed by atoms with Crippen LogP contribution in [0.2, 0.25) is 0 Å². The minimum atomic E-state index is -0.154. The summed E-state index contributed by atoms with van der Waals surface area (Å²) in [6, 6.07) is 19.1. The maximum absolute atomic E-state index is 6.43. The molecule has 5 rings (SSSR count). The van der Waals surface area contributed by atoms with E-state index in [1.807, 2.05) is 6.20 Å². The summed E-state index contributed by atoms with van der Waals surface area (Å²) in [5.41, 5.74) is 19.0. The number of imidazole rings is 2. The molecule has 36 heavy (non-hydrogen) atoms. The molecule has 0 saturated carbocycles. The molecule has 0 bridgehead atoms. The van der Waals surface area contributed by atoms with Gasteiger partial charge in [0.15, 0.2) is 0 Å². The van der Waals surface area contributed by atoms with Gasteiger partial charge >= 0.3 is 0 Å². The summed E-state index contributed by atoms with van der Waals surface area (Å²) >= 11 is 0. The molecule has 0 radical (unpaired) electrons. The summed E-state index contributed by atoms with van der Waals surface area (Å²) in [5.74, 6) is 1.64. The number of hydrogen-bond donors (Lipinski definition) is 4. The maximum atomic E-state index is 6.43. The van der Waals surface area contributed by atoms with Crippen molar-refractivity contribution in [2.75, 3.05) is 0 Å². The predicted octanol–water partition coefficient (Wildman–Crippen LogP) is 6.87. The summed E-state index contributed by atoms with van der Waals surface area (Å²) in [5, 5.41) is 2.36. The highest BCUT2D eigenvalue weighted by molar-refractivity contribution is 5.91. The molecule has 2 unspecified atom stereocenters. The van der Waals surface area contributed by atoms with Crippen LogP contribution in [0, 0.1) is 10.8 Å². The van der Waals surface area contributed by atoms with Crippen LogP contribution in [0.4, 0.5) is 0 Å². The SMILES string of the molecule is CC(C)(C)C(N)c1ncc(-c2ccc3cc(-c4ccc5nc(C(N)C(C)(C)C)[nH]c5c4)ccc3c2)[nH]1. The lowest BCUT2D eigenvalue weighted by Gasteiger charge is -2.25. The molecule has 2 heterocycles. The Kier molecular flexibility index (Phi) is 5.77. The molecule has 2 atom stereocenters. The van der Waals surface area contributed by atoms with E-state index >= 15 is 0 Å². The molecule has 5 aromatic rings. The predicted molar refractivity (Wildman–Crippen MR) is 149 cm³/mol. The Hall–Kier alpha value is -3.48. The first-order chi connectivity index (χ1) is 16.9. The number of aromatic nitrogens is 4. The van der Waals surface area contributed by atoms with Gasteiger partial charge in [0, 0.05) is 5.56 Å². The Morgan fingerprint density at radius 3 is 1.89 bits per heavy atom. The zero-order chi connectivity index (χ0) is 25.8. The second kappa shape index (κ2) is 8.57. The van der Waals surface area contributed by atoms with Crippen LogP contribution in [-0.4, -0.2) is 19.9 Å². The van der Waals surface area contributed by atoms with E-state index in [-0.39, 0.29) is 22.9 Å². The van der Waals surface area contributed by atoms with Crippen molar-refractivity contribution < 1.29 is 0 Å². The van der Waals surface area contributed by atoms with Crippen LogP contribution in [0.15, 0.2) is 60.8 Å². The topological polar surface area (TPSA) is 109 Å². The second-order valence-electron chi connectivity index (χ2n) is 12.0. The lowest BCUT2D eigenvalue weighted by Crippen LogP contribution is -2.27. The third kappa shape index (κ3) is 4.54. The van der Waals surface area contributed by atoms with Crippen molar-refractivity contribution >= 4 is 21.8 Å². The van der Waals surface area contributed by atoms with Crippen molar-refractivity contribution in [1.29, 1.82) is 0 Å². The van der Waals surface area contributed by atoms with E-state index in [2.05, 4.69) is 111 Å². The number of nitrogens with two attached hydrogens (primary N) is 2. The average Bonchev–Trinajstić information content (AvgIpc) is 3.48. The van der Waals surface area contributed by atoms with Crippen LogP contribution in [0.3, 0.4) is 0 Å². The molecular weight excluding hydrogens is 444 g/mol. The molecule has 0 saturated heterocycles. The third-order valence-electron chi connectivity index (χ3n) is 7.04. The van der Waals surface area contributed by atoms with Gasteiger partial charge in [0.1, 0.15) is 11.6 Å². The minimum Gasteiger partial charge on any atom is -0.341 e. The van der Waals surface area contributed by atoms with Crippen LogP contribution >= 0.6 is 0 Å². The van der Waals surface area contributed by atoms with Crippen molar-refractivity contribution in [3.05, 3.63) is 72.4 Å². The van der Waals surface area contributed by atoms with E-state index < -0.39 is 0 Å².